The molecule has 2 N–H and O–H groups in total. The van der Waals surface area contributed by atoms with E-state index in [0.29, 0.717) is 11.8 Å². The van der Waals surface area contributed by atoms with Crippen molar-refractivity contribution >= 4 is 50.0 Å². The van der Waals surface area contributed by atoms with E-state index in [4.69, 9.17) is 0 Å². The van der Waals surface area contributed by atoms with Gasteiger partial charge in [0.2, 0.25) is 5.95 Å². The lowest BCUT2D eigenvalue weighted by atomic mass is 10.2. The number of pyridine rings is 1. The summed E-state index contributed by atoms with van der Waals surface area (Å²) in [7, 11) is 0. The fourth-order valence-electron chi connectivity index (χ4n) is 2.50. The summed E-state index contributed by atoms with van der Waals surface area (Å²) in [5.74, 6) is 1.23. The number of nitrogens with zero attached hydrogens (tertiary/aromatic N) is 3. The van der Waals surface area contributed by atoms with Crippen molar-refractivity contribution in [2.75, 3.05) is 10.6 Å². The summed E-state index contributed by atoms with van der Waals surface area (Å²) in [6.07, 6.45) is 3.50. The van der Waals surface area contributed by atoms with Crippen LogP contribution in [0.5, 0.6) is 0 Å². The molecule has 2 heterocycles. The van der Waals surface area contributed by atoms with Crippen LogP contribution >= 0.6 is 15.9 Å². The Hall–Kier alpha value is -2.99. The molecule has 0 saturated heterocycles. The van der Waals surface area contributed by atoms with Gasteiger partial charge in [-0.05, 0) is 42.5 Å². The van der Waals surface area contributed by atoms with Crippen LogP contribution in [-0.4, -0.2) is 15.0 Å². The molecule has 2 aromatic carbocycles. The number of halogens is 1. The van der Waals surface area contributed by atoms with Gasteiger partial charge in [0.25, 0.3) is 0 Å². The molecule has 0 unspecified atom stereocenters. The highest BCUT2D eigenvalue weighted by atomic mass is 79.9. The monoisotopic (exact) mass is 391 g/mol. The van der Waals surface area contributed by atoms with Crippen molar-refractivity contribution in [3.05, 3.63) is 77.5 Å². The maximum atomic E-state index is 4.52. The highest BCUT2D eigenvalue weighted by Gasteiger charge is 2.05. The van der Waals surface area contributed by atoms with Crippen molar-refractivity contribution in [2.24, 2.45) is 0 Å². The second-order valence-corrected chi connectivity index (χ2v) is 6.32. The molecule has 4 rings (SSSR count). The van der Waals surface area contributed by atoms with Gasteiger partial charge in [0.15, 0.2) is 0 Å². The van der Waals surface area contributed by atoms with Crippen LogP contribution in [0.2, 0.25) is 0 Å². The second-order valence-electron chi connectivity index (χ2n) is 5.40. The van der Waals surface area contributed by atoms with Crippen LogP contribution < -0.4 is 10.6 Å². The lowest BCUT2D eigenvalue weighted by Gasteiger charge is -2.10. The smallest absolute Gasteiger partial charge is 0.229 e. The Balaban J connectivity index is 1.60. The first kappa shape index (κ1) is 15.5. The summed E-state index contributed by atoms with van der Waals surface area (Å²) >= 11 is 3.43. The third kappa shape index (κ3) is 3.59. The molecule has 25 heavy (non-hydrogen) atoms. The van der Waals surface area contributed by atoms with Crippen LogP contribution in [0.3, 0.4) is 0 Å². The third-order valence-electron chi connectivity index (χ3n) is 3.65. The molecule has 0 amide bonds. The van der Waals surface area contributed by atoms with Crippen LogP contribution in [0.4, 0.5) is 23.1 Å². The fourth-order valence-corrected chi connectivity index (χ4v) is 2.76. The Morgan fingerprint density at radius 1 is 0.760 bits per heavy atom. The van der Waals surface area contributed by atoms with Crippen LogP contribution in [0.1, 0.15) is 0 Å². The van der Waals surface area contributed by atoms with Crippen molar-refractivity contribution in [3.63, 3.8) is 0 Å². The molecule has 5 nitrogen and oxygen atoms in total. The van der Waals surface area contributed by atoms with Gasteiger partial charge >= 0.3 is 0 Å². The van der Waals surface area contributed by atoms with Crippen LogP contribution in [-0.2, 0) is 0 Å². The maximum absolute atomic E-state index is 4.52. The molecule has 4 aromatic rings. The van der Waals surface area contributed by atoms with Crippen molar-refractivity contribution in [3.8, 4) is 0 Å². The number of hydrogen-bond acceptors (Lipinski definition) is 5. The lowest BCUT2D eigenvalue weighted by Crippen LogP contribution is -2.01. The number of hydrogen-bond donors (Lipinski definition) is 2. The highest BCUT2D eigenvalue weighted by molar-refractivity contribution is 9.10. The van der Waals surface area contributed by atoms with E-state index in [9.17, 15) is 0 Å². The number of rotatable bonds is 4. The predicted octanol–water partition coefficient (Wildman–Crippen LogP) is 5.27. The lowest BCUT2D eigenvalue weighted by molar-refractivity contribution is 1.17. The van der Waals surface area contributed by atoms with Gasteiger partial charge < -0.3 is 10.6 Å². The summed E-state index contributed by atoms with van der Waals surface area (Å²) in [5.41, 5.74) is 2.72. The normalized spacial score (nSPS) is 10.6. The molecule has 0 radical (unpaired) electrons. The van der Waals surface area contributed by atoms with Gasteiger partial charge in [-0.3, -0.25) is 4.98 Å². The number of fused-ring (bicyclic) bond motifs is 1. The van der Waals surface area contributed by atoms with Crippen molar-refractivity contribution < 1.29 is 0 Å². The Kier molecular flexibility index (Phi) is 4.26. The van der Waals surface area contributed by atoms with Crippen LogP contribution in [0.25, 0.3) is 10.9 Å². The van der Waals surface area contributed by atoms with Gasteiger partial charge in [-0.1, -0.05) is 34.1 Å². The van der Waals surface area contributed by atoms with Gasteiger partial charge in [-0.2, -0.15) is 4.98 Å². The molecule has 0 atom stereocenters. The Morgan fingerprint density at radius 3 is 2.48 bits per heavy atom. The van der Waals surface area contributed by atoms with E-state index in [-0.39, 0.29) is 0 Å². The van der Waals surface area contributed by atoms with E-state index in [1.54, 1.807) is 12.4 Å². The first-order chi connectivity index (χ1) is 12.3. The summed E-state index contributed by atoms with van der Waals surface area (Å²) in [5, 5.41) is 7.58. The molecule has 0 saturated carbocycles. The molecule has 0 spiro atoms. The van der Waals surface area contributed by atoms with Crippen LogP contribution in [0, 0.1) is 0 Å². The first-order valence-corrected chi connectivity index (χ1v) is 8.54. The zero-order valence-corrected chi connectivity index (χ0v) is 14.7. The molecular weight excluding hydrogens is 378 g/mol. The van der Waals surface area contributed by atoms with Crippen LogP contribution in [0.15, 0.2) is 77.5 Å². The number of para-hydroxylation sites is 1. The first-order valence-electron chi connectivity index (χ1n) is 7.74. The van der Waals surface area contributed by atoms with E-state index in [1.165, 1.54) is 0 Å². The predicted molar refractivity (Wildman–Crippen MR) is 104 cm³/mol. The van der Waals surface area contributed by atoms with E-state index >= 15 is 0 Å². The fraction of sp³-hybridized carbons (Fsp3) is 0. The molecule has 122 valence electrons. The average Bonchev–Trinajstić information content (AvgIpc) is 2.64. The standard InChI is InChI=1S/C19H14BrN5/c20-14-6-8-15(9-7-14)23-17-10-12-22-19(25-17)24-16-5-1-3-13-4-2-11-21-18(13)16/h1-12H,(H2,22,23,24,25). The summed E-state index contributed by atoms with van der Waals surface area (Å²) < 4.78 is 1.03. The maximum Gasteiger partial charge on any atom is 0.229 e. The molecule has 6 heteroatoms. The van der Waals surface area contributed by atoms with Gasteiger partial charge in [-0.25, -0.2) is 4.98 Å². The highest BCUT2D eigenvalue weighted by Crippen LogP contribution is 2.24. The number of nitrogens with one attached hydrogen (secondary N) is 2. The Bertz CT molecular complexity index is 1010. The minimum atomic E-state index is 0.514. The largest absolute Gasteiger partial charge is 0.340 e. The SMILES string of the molecule is Brc1ccc(Nc2ccnc(Nc3cccc4cccnc34)n2)cc1. The van der Waals surface area contributed by atoms with E-state index in [2.05, 4.69) is 41.5 Å². The minimum absolute atomic E-state index is 0.514. The van der Waals surface area contributed by atoms with Gasteiger partial charge in [0.05, 0.1) is 11.2 Å². The molecule has 0 bridgehead atoms. The summed E-state index contributed by atoms with van der Waals surface area (Å²) in [4.78, 5) is 13.3. The van der Waals surface area contributed by atoms with E-state index < -0.39 is 0 Å². The molecule has 0 aliphatic carbocycles. The van der Waals surface area contributed by atoms with E-state index in [1.807, 2.05) is 60.7 Å². The van der Waals surface area contributed by atoms with E-state index in [0.717, 1.165) is 26.8 Å². The Labute approximate surface area is 153 Å². The number of anilines is 4. The second kappa shape index (κ2) is 6.86. The van der Waals surface area contributed by atoms with Gasteiger partial charge in [0.1, 0.15) is 5.82 Å². The zero-order valence-electron chi connectivity index (χ0n) is 13.1. The zero-order chi connectivity index (χ0) is 17.1. The van der Waals surface area contributed by atoms with Gasteiger partial charge in [0, 0.05) is 27.9 Å². The summed E-state index contributed by atoms with van der Waals surface area (Å²) in [6.45, 7) is 0. The van der Waals surface area contributed by atoms with Crippen molar-refractivity contribution in [1.29, 1.82) is 0 Å². The molecule has 2 aromatic heterocycles. The molecule has 0 aliphatic rings. The average molecular weight is 392 g/mol. The molecular formula is C19H14BrN5. The third-order valence-corrected chi connectivity index (χ3v) is 4.18. The number of benzene rings is 2. The Morgan fingerprint density at radius 2 is 1.60 bits per heavy atom. The topological polar surface area (TPSA) is 62.7 Å². The summed E-state index contributed by atoms with van der Waals surface area (Å²) in [6, 6.07) is 19.7. The van der Waals surface area contributed by atoms with Gasteiger partial charge in [-0.15, -0.1) is 0 Å². The molecule has 0 aliphatic heterocycles. The quantitative estimate of drug-likeness (QED) is 0.495. The van der Waals surface area contributed by atoms with Crippen molar-refractivity contribution in [1.82, 2.24) is 15.0 Å². The number of aromatic nitrogens is 3. The van der Waals surface area contributed by atoms with Crippen molar-refractivity contribution in [2.45, 2.75) is 0 Å². The minimum Gasteiger partial charge on any atom is -0.340 e. The molecule has 0 fully saturated rings.